The van der Waals surface area contributed by atoms with Crippen LogP contribution in [-0.4, -0.2) is 5.91 Å². The van der Waals surface area contributed by atoms with Gasteiger partial charge in [-0.15, -0.1) is 0 Å². The zero-order valence-corrected chi connectivity index (χ0v) is 10.4. The minimum atomic E-state index is -0.295. The summed E-state index contributed by atoms with van der Waals surface area (Å²) in [4.78, 5) is 12.0. The van der Waals surface area contributed by atoms with Gasteiger partial charge in [0.05, 0.1) is 0 Å². The Morgan fingerprint density at radius 3 is 2.32 bits per heavy atom. The first kappa shape index (κ1) is 13.0. The zero-order valence-electron chi connectivity index (χ0n) is 10.4. The van der Waals surface area contributed by atoms with Crippen molar-refractivity contribution in [2.24, 2.45) is 5.84 Å². The summed E-state index contributed by atoms with van der Waals surface area (Å²) in [6, 6.07) is 11.1. The number of hydrogen-bond acceptors (Lipinski definition) is 3. The molecular weight excluding hydrogens is 245 g/mol. The lowest BCUT2D eigenvalue weighted by Crippen LogP contribution is -2.12. The number of nitrogens with one attached hydrogen (secondary N) is 2. The smallest absolute Gasteiger partial charge is 0.255 e. The summed E-state index contributed by atoms with van der Waals surface area (Å²) in [7, 11) is 0. The second-order valence-corrected chi connectivity index (χ2v) is 4.14. The summed E-state index contributed by atoms with van der Waals surface area (Å²) < 4.78 is 13.1. The van der Waals surface area contributed by atoms with E-state index in [4.69, 9.17) is 5.84 Å². The van der Waals surface area contributed by atoms with Gasteiger partial charge in [-0.2, -0.15) is 0 Å². The number of carbonyl (C=O) groups excluding carboxylic acids is 1. The fourth-order valence-electron chi connectivity index (χ4n) is 1.64. The number of nitrogen functional groups attached to an aromatic ring is 1. The molecule has 0 fully saturated rings. The van der Waals surface area contributed by atoms with Gasteiger partial charge in [-0.1, -0.05) is 0 Å². The molecule has 2 rings (SSSR count). The quantitative estimate of drug-likeness (QED) is 0.586. The molecule has 2 aromatic carbocycles. The van der Waals surface area contributed by atoms with Gasteiger partial charge >= 0.3 is 0 Å². The Hall–Kier alpha value is -2.40. The van der Waals surface area contributed by atoms with E-state index in [1.165, 1.54) is 12.1 Å². The van der Waals surface area contributed by atoms with Gasteiger partial charge < -0.3 is 10.7 Å². The van der Waals surface area contributed by atoms with E-state index in [0.717, 1.165) is 0 Å². The van der Waals surface area contributed by atoms with Crippen LogP contribution in [0.5, 0.6) is 0 Å². The first-order chi connectivity index (χ1) is 9.10. The molecule has 0 aliphatic carbocycles. The van der Waals surface area contributed by atoms with Crippen LogP contribution >= 0.6 is 0 Å². The molecule has 1 amide bonds. The van der Waals surface area contributed by atoms with Crippen molar-refractivity contribution in [3.8, 4) is 0 Å². The maximum absolute atomic E-state index is 13.1. The zero-order chi connectivity index (χ0) is 13.8. The molecule has 0 unspecified atom stereocenters. The minimum absolute atomic E-state index is 0.255. The topological polar surface area (TPSA) is 67.2 Å². The standard InChI is InChI=1S/C14H14FN3O/c1-9-8-12(6-7-13(9)15)17-14(19)10-2-4-11(18-16)5-3-10/h2-8,18H,16H2,1H3,(H,17,19). The number of hydrazine groups is 1. The predicted octanol–water partition coefficient (Wildman–Crippen LogP) is 2.67. The lowest BCUT2D eigenvalue weighted by Gasteiger charge is -2.07. The lowest BCUT2D eigenvalue weighted by molar-refractivity contribution is 0.102. The van der Waals surface area contributed by atoms with Gasteiger partial charge in [0.25, 0.3) is 5.91 Å². The summed E-state index contributed by atoms with van der Waals surface area (Å²) in [6.45, 7) is 1.65. The Morgan fingerprint density at radius 2 is 1.74 bits per heavy atom. The number of halogens is 1. The highest BCUT2D eigenvalue weighted by molar-refractivity contribution is 6.04. The fourth-order valence-corrected chi connectivity index (χ4v) is 1.64. The molecule has 19 heavy (non-hydrogen) atoms. The van der Waals surface area contributed by atoms with Crippen molar-refractivity contribution in [2.45, 2.75) is 6.92 Å². The second-order valence-electron chi connectivity index (χ2n) is 4.14. The van der Waals surface area contributed by atoms with E-state index < -0.39 is 0 Å². The van der Waals surface area contributed by atoms with E-state index >= 15 is 0 Å². The number of carbonyl (C=O) groups is 1. The molecule has 0 heterocycles. The van der Waals surface area contributed by atoms with Crippen molar-refractivity contribution >= 4 is 17.3 Å². The summed E-state index contributed by atoms with van der Waals surface area (Å²) in [5.74, 6) is 4.69. The number of amides is 1. The fraction of sp³-hybridized carbons (Fsp3) is 0.0714. The van der Waals surface area contributed by atoms with Gasteiger partial charge in [0.15, 0.2) is 0 Å². The third-order valence-corrected chi connectivity index (χ3v) is 2.73. The highest BCUT2D eigenvalue weighted by Gasteiger charge is 2.07. The summed E-state index contributed by atoms with van der Waals surface area (Å²) in [5.41, 5.74) is 4.75. The van der Waals surface area contributed by atoms with Gasteiger partial charge in [-0.3, -0.25) is 10.6 Å². The molecule has 4 N–H and O–H groups in total. The van der Waals surface area contributed by atoms with Crippen molar-refractivity contribution in [1.29, 1.82) is 0 Å². The maximum atomic E-state index is 13.1. The van der Waals surface area contributed by atoms with Gasteiger partial charge in [0.1, 0.15) is 5.82 Å². The van der Waals surface area contributed by atoms with E-state index in [-0.39, 0.29) is 11.7 Å². The van der Waals surface area contributed by atoms with E-state index in [0.29, 0.717) is 22.5 Å². The van der Waals surface area contributed by atoms with Crippen LogP contribution in [-0.2, 0) is 0 Å². The molecule has 0 spiro atoms. The van der Waals surface area contributed by atoms with Crippen LogP contribution in [0.4, 0.5) is 15.8 Å². The van der Waals surface area contributed by atoms with Crippen molar-refractivity contribution < 1.29 is 9.18 Å². The van der Waals surface area contributed by atoms with E-state index in [1.807, 2.05) is 0 Å². The van der Waals surface area contributed by atoms with E-state index in [2.05, 4.69) is 10.7 Å². The lowest BCUT2D eigenvalue weighted by atomic mass is 10.1. The van der Waals surface area contributed by atoms with Crippen LogP contribution in [0.3, 0.4) is 0 Å². The van der Waals surface area contributed by atoms with Gasteiger partial charge in [-0.25, -0.2) is 4.39 Å². The van der Waals surface area contributed by atoms with Crippen LogP contribution < -0.4 is 16.6 Å². The van der Waals surface area contributed by atoms with Crippen molar-refractivity contribution in [1.82, 2.24) is 0 Å². The number of nitrogens with two attached hydrogens (primary N) is 1. The largest absolute Gasteiger partial charge is 0.324 e. The highest BCUT2D eigenvalue weighted by atomic mass is 19.1. The van der Waals surface area contributed by atoms with Crippen molar-refractivity contribution in [3.05, 3.63) is 59.4 Å². The van der Waals surface area contributed by atoms with Crippen LogP contribution in [0.2, 0.25) is 0 Å². The van der Waals surface area contributed by atoms with Gasteiger partial charge in [-0.05, 0) is 55.0 Å². The molecular formula is C14H14FN3O. The molecule has 0 radical (unpaired) electrons. The average molecular weight is 259 g/mol. The first-order valence-electron chi connectivity index (χ1n) is 5.74. The summed E-state index contributed by atoms with van der Waals surface area (Å²) in [6.07, 6.45) is 0. The third kappa shape index (κ3) is 3.08. The number of benzene rings is 2. The molecule has 5 heteroatoms. The first-order valence-corrected chi connectivity index (χ1v) is 5.74. The molecule has 4 nitrogen and oxygen atoms in total. The van der Waals surface area contributed by atoms with Crippen molar-refractivity contribution in [3.63, 3.8) is 0 Å². The number of hydrogen-bond donors (Lipinski definition) is 3. The molecule has 0 aliphatic heterocycles. The van der Waals surface area contributed by atoms with Crippen LogP contribution in [0.1, 0.15) is 15.9 Å². The SMILES string of the molecule is Cc1cc(NC(=O)c2ccc(NN)cc2)ccc1F. The molecule has 98 valence electrons. The monoisotopic (exact) mass is 259 g/mol. The number of anilines is 2. The van der Waals surface area contributed by atoms with Crippen LogP contribution in [0.15, 0.2) is 42.5 Å². The molecule has 0 saturated heterocycles. The summed E-state index contributed by atoms with van der Waals surface area (Å²) in [5, 5.41) is 2.71. The van der Waals surface area contributed by atoms with Crippen LogP contribution in [0, 0.1) is 12.7 Å². The molecule has 0 aliphatic rings. The number of aryl methyl sites for hydroxylation is 1. The molecule has 0 aromatic heterocycles. The van der Waals surface area contributed by atoms with E-state index in [1.54, 1.807) is 37.3 Å². The number of rotatable bonds is 3. The second kappa shape index (κ2) is 5.49. The Labute approximate surface area is 110 Å². The highest BCUT2D eigenvalue weighted by Crippen LogP contribution is 2.15. The molecule has 0 atom stereocenters. The summed E-state index contributed by atoms with van der Waals surface area (Å²) >= 11 is 0. The van der Waals surface area contributed by atoms with Gasteiger partial charge in [0.2, 0.25) is 0 Å². The van der Waals surface area contributed by atoms with Gasteiger partial charge in [0, 0.05) is 16.9 Å². The Balaban J connectivity index is 2.13. The Kier molecular flexibility index (Phi) is 3.77. The Morgan fingerprint density at radius 1 is 1.11 bits per heavy atom. The Bertz CT molecular complexity index is 596. The molecule has 0 bridgehead atoms. The normalized spacial score (nSPS) is 10.1. The molecule has 2 aromatic rings. The van der Waals surface area contributed by atoms with Crippen LogP contribution in [0.25, 0.3) is 0 Å². The average Bonchev–Trinajstić information content (AvgIpc) is 2.43. The van der Waals surface area contributed by atoms with Crippen molar-refractivity contribution in [2.75, 3.05) is 10.7 Å². The maximum Gasteiger partial charge on any atom is 0.255 e. The van der Waals surface area contributed by atoms with E-state index in [9.17, 15) is 9.18 Å². The predicted molar refractivity (Wildman–Crippen MR) is 73.3 cm³/mol. The minimum Gasteiger partial charge on any atom is -0.324 e. The third-order valence-electron chi connectivity index (χ3n) is 2.73. The molecule has 0 saturated carbocycles.